The monoisotopic (exact) mass is 445 g/mol. The SMILES string of the molecule is O=C(COc1c(Br)cc(C(=O)O)cc1Br)Nc1ccc(F)cc1. The number of carbonyl (C=O) groups is 2. The van der Waals surface area contributed by atoms with Crippen LogP contribution in [0.1, 0.15) is 10.4 Å². The molecule has 0 atom stereocenters. The van der Waals surface area contributed by atoms with Crippen molar-refractivity contribution < 1.29 is 23.8 Å². The molecule has 1 amide bonds. The van der Waals surface area contributed by atoms with Crippen LogP contribution in [-0.4, -0.2) is 23.6 Å². The van der Waals surface area contributed by atoms with Crippen LogP contribution in [0.25, 0.3) is 0 Å². The zero-order valence-corrected chi connectivity index (χ0v) is 14.6. The van der Waals surface area contributed by atoms with E-state index in [0.29, 0.717) is 20.4 Å². The molecule has 0 radical (unpaired) electrons. The molecule has 0 saturated carbocycles. The van der Waals surface area contributed by atoms with E-state index in [0.717, 1.165) is 0 Å². The van der Waals surface area contributed by atoms with Crippen LogP contribution >= 0.6 is 31.9 Å². The van der Waals surface area contributed by atoms with Gasteiger partial charge in [-0.05, 0) is 68.3 Å². The largest absolute Gasteiger partial charge is 0.481 e. The molecule has 23 heavy (non-hydrogen) atoms. The highest BCUT2D eigenvalue weighted by Crippen LogP contribution is 2.34. The molecule has 0 aliphatic carbocycles. The first kappa shape index (κ1) is 17.4. The summed E-state index contributed by atoms with van der Waals surface area (Å²) in [4.78, 5) is 22.8. The smallest absolute Gasteiger partial charge is 0.335 e. The molecule has 2 N–H and O–H groups in total. The summed E-state index contributed by atoms with van der Waals surface area (Å²) < 4.78 is 19.0. The van der Waals surface area contributed by atoms with Gasteiger partial charge < -0.3 is 15.2 Å². The van der Waals surface area contributed by atoms with Crippen LogP contribution in [0, 0.1) is 5.82 Å². The van der Waals surface area contributed by atoms with Gasteiger partial charge in [-0.1, -0.05) is 0 Å². The molecule has 0 saturated heterocycles. The van der Waals surface area contributed by atoms with Crippen LogP contribution in [0.15, 0.2) is 45.3 Å². The maximum Gasteiger partial charge on any atom is 0.335 e. The number of hydrogen-bond acceptors (Lipinski definition) is 3. The summed E-state index contributed by atoms with van der Waals surface area (Å²) in [5.74, 6) is -1.60. The molecule has 0 bridgehead atoms. The number of benzene rings is 2. The van der Waals surface area contributed by atoms with Crippen LogP contribution in [0.4, 0.5) is 10.1 Å². The van der Waals surface area contributed by atoms with E-state index in [1.807, 2.05) is 0 Å². The molecular formula is C15H10Br2FNO4. The minimum absolute atomic E-state index is 0.0758. The second-order valence-corrected chi connectivity index (χ2v) is 6.13. The third-order valence-electron chi connectivity index (χ3n) is 2.72. The number of carbonyl (C=O) groups excluding carboxylic acids is 1. The fourth-order valence-electron chi connectivity index (χ4n) is 1.69. The molecule has 2 rings (SSSR count). The fourth-order valence-corrected chi connectivity index (χ4v) is 3.10. The molecule has 0 fully saturated rings. The maximum atomic E-state index is 12.8. The molecule has 0 unspecified atom stereocenters. The number of anilines is 1. The van der Waals surface area contributed by atoms with Crippen LogP contribution in [0.3, 0.4) is 0 Å². The number of carboxylic acids is 1. The zero-order chi connectivity index (χ0) is 17.0. The van der Waals surface area contributed by atoms with E-state index in [4.69, 9.17) is 9.84 Å². The summed E-state index contributed by atoms with van der Waals surface area (Å²) >= 11 is 6.40. The highest BCUT2D eigenvalue weighted by Gasteiger charge is 2.14. The molecule has 5 nitrogen and oxygen atoms in total. The van der Waals surface area contributed by atoms with Gasteiger partial charge in [0.1, 0.15) is 11.6 Å². The van der Waals surface area contributed by atoms with E-state index in [-0.39, 0.29) is 12.2 Å². The van der Waals surface area contributed by atoms with Gasteiger partial charge in [-0.2, -0.15) is 0 Å². The maximum absolute atomic E-state index is 12.8. The lowest BCUT2D eigenvalue weighted by Gasteiger charge is -2.11. The number of carboxylic acid groups (broad SMARTS) is 1. The predicted octanol–water partition coefficient (Wildman–Crippen LogP) is 4.07. The number of amides is 1. The summed E-state index contributed by atoms with van der Waals surface area (Å²) in [6.45, 7) is -0.291. The van der Waals surface area contributed by atoms with Gasteiger partial charge in [-0.3, -0.25) is 4.79 Å². The highest BCUT2D eigenvalue weighted by molar-refractivity contribution is 9.11. The van der Waals surface area contributed by atoms with Crippen molar-refractivity contribution >= 4 is 49.4 Å². The third-order valence-corrected chi connectivity index (χ3v) is 3.90. The van der Waals surface area contributed by atoms with Crippen LogP contribution in [0.2, 0.25) is 0 Å². The van der Waals surface area contributed by atoms with E-state index in [9.17, 15) is 14.0 Å². The molecular weight excluding hydrogens is 437 g/mol. The molecule has 120 valence electrons. The lowest BCUT2D eigenvalue weighted by molar-refractivity contribution is -0.118. The van der Waals surface area contributed by atoms with Crippen LogP contribution < -0.4 is 10.1 Å². The quantitative estimate of drug-likeness (QED) is 0.725. The molecule has 8 heteroatoms. The number of rotatable bonds is 5. The first-order chi connectivity index (χ1) is 10.9. The molecule has 0 spiro atoms. The Hall–Kier alpha value is -1.93. The van der Waals surface area contributed by atoms with Crippen molar-refractivity contribution in [2.75, 3.05) is 11.9 Å². The second-order valence-electron chi connectivity index (χ2n) is 4.42. The van der Waals surface area contributed by atoms with Crippen molar-refractivity contribution in [3.63, 3.8) is 0 Å². The summed E-state index contributed by atoms with van der Waals surface area (Å²) in [7, 11) is 0. The molecule has 0 aromatic heterocycles. The number of ether oxygens (including phenoxy) is 1. The molecule has 0 heterocycles. The van der Waals surface area contributed by atoms with Gasteiger partial charge in [-0.25, -0.2) is 9.18 Å². The van der Waals surface area contributed by atoms with Crippen LogP contribution in [0.5, 0.6) is 5.75 Å². The van der Waals surface area contributed by atoms with Gasteiger partial charge in [0.2, 0.25) is 0 Å². The highest BCUT2D eigenvalue weighted by atomic mass is 79.9. The summed E-state index contributed by atoms with van der Waals surface area (Å²) in [6, 6.07) is 8.07. The van der Waals surface area contributed by atoms with Crippen molar-refractivity contribution in [3.8, 4) is 5.75 Å². The fraction of sp³-hybridized carbons (Fsp3) is 0.0667. The Morgan fingerprint density at radius 2 is 1.70 bits per heavy atom. The molecule has 2 aromatic carbocycles. The first-order valence-electron chi connectivity index (χ1n) is 6.27. The first-order valence-corrected chi connectivity index (χ1v) is 7.86. The lowest BCUT2D eigenvalue weighted by atomic mass is 10.2. The van der Waals surface area contributed by atoms with E-state index >= 15 is 0 Å². The predicted molar refractivity (Wildman–Crippen MR) is 89.3 cm³/mol. The standard InChI is InChI=1S/C15H10Br2FNO4/c16-11-5-8(15(21)22)6-12(17)14(11)23-7-13(20)19-10-3-1-9(18)2-4-10/h1-6H,7H2,(H,19,20)(H,21,22). The van der Waals surface area contributed by atoms with Crippen molar-refractivity contribution in [1.29, 1.82) is 0 Å². The van der Waals surface area contributed by atoms with E-state index in [2.05, 4.69) is 37.2 Å². The van der Waals surface area contributed by atoms with Crippen molar-refractivity contribution in [1.82, 2.24) is 0 Å². The third kappa shape index (κ3) is 4.77. The summed E-state index contributed by atoms with van der Waals surface area (Å²) in [5.41, 5.74) is 0.520. The summed E-state index contributed by atoms with van der Waals surface area (Å²) in [6.07, 6.45) is 0. The Kier molecular flexibility index (Phi) is 5.73. The molecule has 0 aliphatic rings. The van der Waals surface area contributed by atoms with E-state index in [1.165, 1.54) is 36.4 Å². The molecule has 0 aliphatic heterocycles. The Bertz CT molecular complexity index is 727. The average Bonchev–Trinajstić information content (AvgIpc) is 2.48. The Morgan fingerprint density at radius 1 is 1.13 bits per heavy atom. The van der Waals surface area contributed by atoms with Gasteiger partial charge in [-0.15, -0.1) is 0 Å². The van der Waals surface area contributed by atoms with Gasteiger partial charge in [0, 0.05) is 5.69 Å². The average molecular weight is 447 g/mol. The van der Waals surface area contributed by atoms with Gasteiger partial charge >= 0.3 is 5.97 Å². The normalized spacial score (nSPS) is 10.2. The molecule has 2 aromatic rings. The zero-order valence-electron chi connectivity index (χ0n) is 11.5. The van der Waals surface area contributed by atoms with Gasteiger partial charge in [0.15, 0.2) is 6.61 Å². The van der Waals surface area contributed by atoms with Gasteiger partial charge in [0.05, 0.1) is 14.5 Å². The lowest BCUT2D eigenvalue weighted by Crippen LogP contribution is -2.20. The van der Waals surface area contributed by atoms with Gasteiger partial charge in [0.25, 0.3) is 5.91 Å². The Labute approximate surface area is 147 Å². The number of halogens is 3. The Morgan fingerprint density at radius 3 is 2.22 bits per heavy atom. The van der Waals surface area contributed by atoms with E-state index < -0.39 is 17.7 Å². The van der Waals surface area contributed by atoms with Crippen molar-refractivity contribution in [2.45, 2.75) is 0 Å². The van der Waals surface area contributed by atoms with Crippen molar-refractivity contribution in [3.05, 3.63) is 56.7 Å². The minimum atomic E-state index is -1.08. The second kappa shape index (κ2) is 7.56. The minimum Gasteiger partial charge on any atom is -0.481 e. The Balaban J connectivity index is 2.01. The number of aromatic carboxylic acids is 1. The number of hydrogen-bond donors (Lipinski definition) is 2. The van der Waals surface area contributed by atoms with Crippen LogP contribution in [-0.2, 0) is 4.79 Å². The summed E-state index contributed by atoms with van der Waals surface area (Å²) in [5, 5.41) is 11.5. The number of nitrogens with one attached hydrogen (secondary N) is 1. The topological polar surface area (TPSA) is 75.6 Å². The van der Waals surface area contributed by atoms with Crippen molar-refractivity contribution in [2.24, 2.45) is 0 Å². The van der Waals surface area contributed by atoms with E-state index in [1.54, 1.807) is 0 Å².